The predicted molar refractivity (Wildman–Crippen MR) is 115 cm³/mol. The lowest BCUT2D eigenvalue weighted by Crippen LogP contribution is -2.30. The monoisotopic (exact) mass is 428 g/mol. The molecular weight excluding hydrogens is 408 g/mol. The average molecular weight is 429 g/mol. The van der Waals surface area contributed by atoms with Crippen LogP contribution in [-0.2, 0) is 24.9 Å². The van der Waals surface area contributed by atoms with Gasteiger partial charge in [-0.15, -0.1) is 10.2 Å². The van der Waals surface area contributed by atoms with Crippen LogP contribution < -0.4 is 9.64 Å². The summed E-state index contributed by atoms with van der Waals surface area (Å²) in [5.41, 5.74) is 3.20. The predicted octanol–water partition coefficient (Wildman–Crippen LogP) is 4.04. The van der Waals surface area contributed by atoms with E-state index in [0.717, 1.165) is 30.0 Å². The number of rotatable bonds is 6. The Morgan fingerprint density at radius 3 is 2.90 bits per heavy atom. The number of fused-ring (bicyclic) bond motifs is 1. The van der Waals surface area contributed by atoms with Crippen LogP contribution in [0.3, 0.4) is 0 Å². The van der Waals surface area contributed by atoms with E-state index in [1.807, 2.05) is 59.8 Å². The zero-order valence-electron chi connectivity index (χ0n) is 16.3. The minimum absolute atomic E-state index is 0.0809. The van der Waals surface area contributed by atoms with Gasteiger partial charge in [0.15, 0.2) is 11.0 Å². The molecule has 0 aliphatic carbocycles. The van der Waals surface area contributed by atoms with Gasteiger partial charge >= 0.3 is 0 Å². The molecule has 1 aliphatic heterocycles. The van der Waals surface area contributed by atoms with Crippen molar-refractivity contribution >= 4 is 35.0 Å². The van der Waals surface area contributed by atoms with E-state index >= 15 is 0 Å². The number of amides is 1. The van der Waals surface area contributed by atoms with Gasteiger partial charge in [-0.25, -0.2) is 0 Å². The first-order chi connectivity index (χ1) is 14.0. The van der Waals surface area contributed by atoms with E-state index < -0.39 is 0 Å². The third-order valence-electron chi connectivity index (χ3n) is 4.94. The minimum Gasteiger partial charge on any atom is -0.486 e. The molecule has 2 heterocycles. The van der Waals surface area contributed by atoms with Crippen molar-refractivity contribution < 1.29 is 9.53 Å². The number of ether oxygens (including phenoxy) is 1. The Bertz CT molecular complexity index is 1050. The smallest absolute Gasteiger partial charge is 0.237 e. The van der Waals surface area contributed by atoms with Gasteiger partial charge in [0.1, 0.15) is 12.4 Å². The molecular formula is C21H21ClN4O2S. The maximum absolute atomic E-state index is 12.7. The summed E-state index contributed by atoms with van der Waals surface area (Å²) in [5, 5.41) is 9.80. The molecule has 1 aliphatic rings. The largest absolute Gasteiger partial charge is 0.486 e. The summed E-state index contributed by atoms with van der Waals surface area (Å²) in [6.07, 6.45) is 0.905. The first-order valence-electron chi connectivity index (χ1n) is 9.31. The Morgan fingerprint density at radius 2 is 2.07 bits per heavy atom. The zero-order valence-corrected chi connectivity index (χ0v) is 17.8. The Balaban J connectivity index is 1.35. The van der Waals surface area contributed by atoms with E-state index in [1.54, 1.807) is 0 Å². The van der Waals surface area contributed by atoms with Gasteiger partial charge in [0, 0.05) is 24.3 Å². The molecule has 0 N–H and O–H groups in total. The van der Waals surface area contributed by atoms with Crippen LogP contribution in [0.15, 0.2) is 47.6 Å². The van der Waals surface area contributed by atoms with Crippen molar-refractivity contribution in [2.75, 3.05) is 17.2 Å². The molecule has 0 unspecified atom stereocenters. The van der Waals surface area contributed by atoms with Gasteiger partial charge in [0.05, 0.1) is 5.75 Å². The molecule has 2 aromatic carbocycles. The lowest BCUT2D eigenvalue weighted by molar-refractivity contribution is -0.116. The van der Waals surface area contributed by atoms with E-state index in [1.165, 1.54) is 17.3 Å². The first-order valence-corrected chi connectivity index (χ1v) is 10.7. The van der Waals surface area contributed by atoms with Crippen LogP contribution in [0.25, 0.3) is 0 Å². The molecule has 8 heteroatoms. The highest BCUT2D eigenvalue weighted by atomic mass is 35.5. The second-order valence-corrected chi connectivity index (χ2v) is 8.22. The van der Waals surface area contributed by atoms with Crippen LogP contribution in [0, 0.1) is 6.92 Å². The maximum atomic E-state index is 12.7. The van der Waals surface area contributed by atoms with Crippen LogP contribution in [0.5, 0.6) is 5.75 Å². The number of aromatic nitrogens is 3. The number of benzene rings is 2. The van der Waals surface area contributed by atoms with Crippen LogP contribution in [0.1, 0.15) is 17.0 Å². The fourth-order valence-electron chi connectivity index (χ4n) is 3.25. The quantitative estimate of drug-likeness (QED) is 0.554. The molecule has 0 bridgehead atoms. The highest BCUT2D eigenvalue weighted by Crippen LogP contribution is 2.29. The lowest BCUT2D eigenvalue weighted by atomic mass is 10.2. The minimum atomic E-state index is 0.0809. The summed E-state index contributed by atoms with van der Waals surface area (Å²) in [5.74, 6) is 1.82. The number of halogens is 1. The maximum Gasteiger partial charge on any atom is 0.237 e. The van der Waals surface area contributed by atoms with Gasteiger partial charge in [0.2, 0.25) is 5.91 Å². The molecule has 0 atom stereocenters. The lowest BCUT2D eigenvalue weighted by Gasteiger charge is -2.16. The molecule has 0 saturated carbocycles. The van der Waals surface area contributed by atoms with Crippen molar-refractivity contribution in [3.05, 3.63) is 64.4 Å². The van der Waals surface area contributed by atoms with E-state index in [4.69, 9.17) is 16.3 Å². The van der Waals surface area contributed by atoms with Crippen LogP contribution in [0.4, 0.5) is 5.69 Å². The molecule has 0 fully saturated rings. The van der Waals surface area contributed by atoms with E-state index in [-0.39, 0.29) is 5.91 Å². The molecule has 29 heavy (non-hydrogen) atoms. The Labute approximate surface area is 178 Å². The SMILES string of the molecule is Cc1cc(OCc2nnc(SCC(=O)N3CCc4ccccc43)n2C)ccc1Cl. The number of hydrogen-bond donors (Lipinski definition) is 0. The fraction of sp³-hybridized carbons (Fsp3) is 0.286. The Kier molecular flexibility index (Phi) is 5.78. The second kappa shape index (κ2) is 8.47. The number of thioether (sulfide) groups is 1. The fourth-order valence-corrected chi connectivity index (χ4v) is 4.18. The van der Waals surface area contributed by atoms with Crippen LogP contribution in [0.2, 0.25) is 5.02 Å². The van der Waals surface area contributed by atoms with Crippen molar-refractivity contribution in [3.63, 3.8) is 0 Å². The normalized spacial score (nSPS) is 12.9. The standard InChI is InChI=1S/C21H21ClN4O2S/c1-14-11-16(7-8-17(14)22)28-12-19-23-24-21(25(19)2)29-13-20(27)26-10-9-15-5-3-4-6-18(15)26/h3-8,11H,9-10,12-13H2,1-2H3. The summed E-state index contributed by atoms with van der Waals surface area (Å²) in [7, 11) is 1.88. The van der Waals surface area contributed by atoms with Crippen molar-refractivity contribution in [1.29, 1.82) is 0 Å². The molecule has 6 nitrogen and oxygen atoms in total. The molecule has 0 saturated heterocycles. The topological polar surface area (TPSA) is 60.3 Å². The van der Waals surface area contributed by atoms with Crippen molar-refractivity contribution in [1.82, 2.24) is 14.8 Å². The van der Waals surface area contributed by atoms with Gasteiger partial charge in [-0.05, 0) is 48.7 Å². The van der Waals surface area contributed by atoms with Gasteiger partial charge in [-0.1, -0.05) is 41.6 Å². The van der Waals surface area contributed by atoms with Crippen molar-refractivity contribution in [3.8, 4) is 5.75 Å². The zero-order chi connectivity index (χ0) is 20.4. The summed E-state index contributed by atoms with van der Waals surface area (Å²) >= 11 is 7.43. The number of nitrogens with zero attached hydrogens (tertiary/aromatic N) is 4. The summed E-state index contributed by atoms with van der Waals surface area (Å²) in [6.45, 7) is 2.96. The van der Waals surface area contributed by atoms with Crippen molar-refractivity contribution in [2.45, 2.75) is 25.1 Å². The Hall–Kier alpha value is -2.51. The third kappa shape index (κ3) is 4.26. The van der Waals surface area contributed by atoms with Gasteiger partial charge < -0.3 is 14.2 Å². The first kappa shape index (κ1) is 19.8. The average Bonchev–Trinajstić information content (AvgIpc) is 3.31. The molecule has 4 rings (SSSR count). The molecule has 0 radical (unpaired) electrons. The number of aryl methyl sites for hydroxylation is 1. The van der Waals surface area contributed by atoms with Gasteiger partial charge in [-0.3, -0.25) is 4.79 Å². The molecule has 1 aromatic heterocycles. The van der Waals surface area contributed by atoms with Crippen LogP contribution >= 0.6 is 23.4 Å². The van der Waals surface area contributed by atoms with Crippen LogP contribution in [-0.4, -0.2) is 33.0 Å². The number of carbonyl (C=O) groups excluding carboxylic acids is 1. The number of anilines is 1. The highest BCUT2D eigenvalue weighted by Gasteiger charge is 2.24. The Morgan fingerprint density at radius 1 is 1.24 bits per heavy atom. The van der Waals surface area contributed by atoms with E-state index in [9.17, 15) is 4.79 Å². The number of hydrogen-bond acceptors (Lipinski definition) is 5. The summed E-state index contributed by atoms with van der Waals surface area (Å²) in [6, 6.07) is 13.6. The number of para-hydroxylation sites is 1. The summed E-state index contributed by atoms with van der Waals surface area (Å²) < 4.78 is 7.66. The van der Waals surface area contributed by atoms with E-state index in [0.29, 0.717) is 28.4 Å². The third-order valence-corrected chi connectivity index (χ3v) is 6.36. The van der Waals surface area contributed by atoms with Gasteiger partial charge in [-0.2, -0.15) is 0 Å². The summed E-state index contributed by atoms with van der Waals surface area (Å²) in [4.78, 5) is 14.5. The molecule has 1 amide bonds. The highest BCUT2D eigenvalue weighted by molar-refractivity contribution is 7.99. The van der Waals surface area contributed by atoms with Crippen molar-refractivity contribution in [2.24, 2.45) is 7.05 Å². The number of carbonyl (C=O) groups is 1. The second-order valence-electron chi connectivity index (χ2n) is 6.87. The molecule has 3 aromatic rings. The van der Waals surface area contributed by atoms with E-state index in [2.05, 4.69) is 16.3 Å². The molecule has 0 spiro atoms. The molecule has 150 valence electrons. The van der Waals surface area contributed by atoms with Gasteiger partial charge in [0.25, 0.3) is 0 Å².